The van der Waals surface area contributed by atoms with Gasteiger partial charge in [0.15, 0.2) is 0 Å². The van der Waals surface area contributed by atoms with Gasteiger partial charge in [0, 0.05) is 0 Å². The molecule has 0 amide bonds. The van der Waals surface area contributed by atoms with E-state index in [0.717, 1.165) is 18.4 Å². The summed E-state index contributed by atoms with van der Waals surface area (Å²) in [6.07, 6.45) is 6.25. The van der Waals surface area contributed by atoms with Crippen molar-refractivity contribution in [3.63, 3.8) is 0 Å². The predicted octanol–water partition coefficient (Wildman–Crippen LogP) is 1.86. The molecule has 1 aromatic rings. The average molecular weight is 292 g/mol. The van der Waals surface area contributed by atoms with Gasteiger partial charge in [0.05, 0.1) is 19.8 Å². The van der Waals surface area contributed by atoms with Crippen LogP contribution in [-0.4, -0.2) is 30.4 Å². The summed E-state index contributed by atoms with van der Waals surface area (Å²) in [7, 11) is 0.117. The zero-order valence-corrected chi connectivity index (χ0v) is 12.9. The van der Waals surface area contributed by atoms with Gasteiger partial charge in [0.25, 0.3) is 0 Å². The fourth-order valence-corrected chi connectivity index (χ4v) is 3.14. The lowest BCUT2D eigenvalue weighted by molar-refractivity contribution is -0.0220. The first kappa shape index (κ1) is 16.3. The van der Waals surface area contributed by atoms with Crippen molar-refractivity contribution >= 4 is 12.6 Å². The Kier molecular flexibility index (Phi) is 6.09. The molecule has 1 fully saturated rings. The molecule has 0 radical (unpaired) electrons. The van der Waals surface area contributed by atoms with Gasteiger partial charge in [-0.05, 0) is 41.9 Å². The Labute approximate surface area is 127 Å². The molecule has 116 valence electrons. The van der Waals surface area contributed by atoms with Crippen molar-refractivity contribution in [1.29, 1.82) is 0 Å². The highest BCUT2D eigenvalue weighted by Gasteiger charge is 2.25. The van der Waals surface area contributed by atoms with Crippen molar-refractivity contribution < 1.29 is 19.5 Å². The van der Waals surface area contributed by atoms with Crippen LogP contribution in [0.5, 0.6) is 5.75 Å². The minimum Gasteiger partial charge on any atom is -0.497 e. The molecule has 0 aliphatic heterocycles. The molecule has 0 bridgehead atoms. The van der Waals surface area contributed by atoms with Crippen LogP contribution in [0.1, 0.15) is 44.6 Å². The van der Waals surface area contributed by atoms with E-state index < -0.39 is 7.12 Å². The highest BCUT2D eigenvalue weighted by Crippen LogP contribution is 2.29. The van der Waals surface area contributed by atoms with E-state index in [9.17, 15) is 10.0 Å². The molecule has 2 atom stereocenters. The molecule has 0 spiro atoms. The first-order valence-corrected chi connectivity index (χ1v) is 7.80. The van der Waals surface area contributed by atoms with Crippen LogP contribution in [-0.2, 0) is 11.3 Å². The molecule has 2 unspecified atom stereocenters. The summed E-state index contributed by atoms with van der Waals surface area (Å²) >= 11 is 0. The highest BCUT2D eigenvalue weighted by atomic mass is 16.5. The monoisotopic (exact) mass is 292 g/mol. The minimum absolute atomic E-state index is 0.277. The Morgan fingerprint density at radius 1 is 1.24 bits per heavy atom. The molecular formula is C16H25BO4. The quantitative estimate of drug-likeness (QED) is 0.786. The summed E-state index contributed by atoms with van der Waals surface area (Å²) in [4.78, 5) is 0. The van der Waals surface area contributed by atoms with E-state index in [-0.39, 0.29) is 6.10 Å². The lowest BCUT2D eigenvalue weighted by Crippen LogP contribution is -2.34. The molecule has 2 N–H and O–H groups in total. The Morgan fingerprint density at radius 3 is 2.67 bits per heavy atom. The molecule has 1 saturated carbocycles. The molecule has 1 aliphatic carbocycles. The maximum absolute atomic E-state index is 9.46. The number of benzene rings is 1. The zero-order chi connectivity index (χ0) is 15.2. The van der Waals surface area contributed by atoms with E-state index in [1.807, 2.05) is 6.07 Å². The maximum atomic E-state index is 9.46. The fourth-order valence-electron chi connectivity index (χ4n) is 3.14. The van der Waals surface area contributed by atoms with Crippen LogP contribution in [0.25, 0.3) is 0 Å². The van der Waals surface area contributed by atoms with Crippen LogP contribution in [0.4, 0.5) is 0 Å². The summed E-state index contributed by atoms with van der Waals surface area (Å²) in [6, 6.07) is 5.23. The summed E-state index contributed by atoms with van der Waals surface area (Å²) in [6.45, 7) is 2.60. The first-order valence-electron chi connectivity index (χ1n) is 7.80. The molecular weight excluding hydrogens is 267 g/mol. The standard InChI is InChI=1S/C16H25BO4/c1-3-12-6-4-5-7-16(12)21-11-13-10-14(20-2)8-9-15(13)17(18)19/h8-10,12,16,18-19H,3-7,11H2,1-2H3. The summed E-state index contributed by atoms with van der Waals surface area (Å²) in [5.74, 6) is 1.32. The second kappa shape index (κ2) is 7.83. The number of ether oxygens (including phenoxy) is 2. The van der Waals surface area contributed by atoms with E-state index in [2.05, 4.69) is 6.92 Å². The van der Waals surface area contributed by atoms with Gasteiger partial charge in [0.1, 0.15) is 5.75 Å². The number of hydrogen-bond acceptors (Lipinski definition) is 4. The zero-order valence-electron chi connectivity index (χ0n) is 12.9. The van der Waals surface area contributed by atoms with Crippen LogP contribution in [0.15, 0.2) is 18.2 Å². The van der Waals surface area contributed by atoms with Gasteiger partial charge in [0.2, 0.25) is 0 Å². The first-order chi connectivity index (χ1) is 10.2. The third kappa shape index (κ3) is 4.22. The fraction of sp³-hybridized carbons (Fsp3) is 0.625. The van der Waals surface area contributed by atoms with E-state index in [1.165, 1.54) is 19.3 Å². The van der Waals surface area contributed by atoms with Gasteiger partial charge in [-0.3, -0.25) is 0 Å². The second-order valence-electron chi connectivity index (χ2n) is 5.74. The largest absolute Gasteiger partial charge is 0.497 e. The van der Waals surface area contributed by atoms with Crippen LogP contribution >= 0.6 is 0 Å². The Morgan fingerprint density at radius 2 is 2.00 bits per heavy atom. The van der Waals surface area contributed by atoms with E-state index in [4.69, 9.17) is 9.47 Å². The van der Waals surface area contributed by atoms with Crippen LogP contribution in [0.3, 0.4) is 0 Å². The van der Waals surface area contributed by atoms with Gasteiger partial charge in [-0.1, -0.05) is 32.3 Å². The molecule has 4 nitrogen and oxygen atoms in total. The molecule has 21 heavy (non-hydrogen) atoms. The Balaban J connectivity index is 2.07. The topological polar surface area (TPSA) is 58.9 Å². The number of rotatable bonds is 6. The van der Waals surface area contributed by atoms with Crippen molar-refractivity contribution in [2.45, 2.75) is 51.7 Å². The smallest absolute Gasteiger partial charge is 0.488 e. The van der Waals surface area contributed by atoms with Gasteiger partial charge in [-0.2, -0.15) is 0 Å². The van der Waals surface area contributed by atoms with Gasteiger partial charge in [-0.15, -0.1) is 0 Å². The van der Waals surface area contributed by atoms with Crippen molar-refractivity contribution in [3.05, 3.63) is 23.8 Å². The van der Waals surface area contributed by atoms with E-state index in [1.54, 1.807) is 19.2 Å². The van der Waals surface area contributed by atoms with Gasteiger partial charge >= 0.3 is 7.12 Å². The molecule has 0 aromatic heterocycles. The van der Waals surface area contributed by atoms with Gasteiger partial charge in [-0.25, -0.2) is 0 Å². The Bertz CT molecular complexity index is 450. The molecule has 1 aliphatic rings. The van der Waals surface area contributed by atoms with Crippen molar-refractivity contribution in [2.24, 2.45) is 5.92 Å². The second-order valence-corrected chi connectivity index (χ2v) is 5.74. The average Bonchev–Trinajstić information content (AvgIpc) is 2.52. The SMILES string of the molecule is CCC1CCCCC1OCc1cc(OC)ccc1B(O)O. The van der Waals surface area contributed by atoms with Crippen LogP contribution < -0.4 is 10.2 Å². The number of hydrogen-bond donors (Lipinski definition) is 2. The Hall–Kier alpha value is -1.04. The molecule has 2 rings (SSSR count). The predicted molar refractivity (Wildman–Crippen MR) is 83.6 cm³/mol. The normalized spacial score (nSPS) is 22.1. The van der Waals surface area contributed by atoms with Crippen molar-refractivity contribution in [3.8, 4) is 5.75 Å². The van der Waals surface area contributed by atoms with Crippen molar-refractivity contribution in [2.75, 3.05) is 7.11 Å². The van der Waals surface area contributed by atoms with E-state index in [0.29, 0.717) is 23.7 Å². The molecule has 1 aromatic carbocycles. The molecule has 0 heterocycles. The molecule has 0 saturated heterocycles. The third-order valence-electron chi connectivity index (χ3n) is 4.44. The van der Waals surface area contributed by atoms with Gasteiger partial charge < -0.3 is 19.5 Å². The lowest BCUT2D eigenvalue weighted by Gasteiger charge is -2.31. The number of methoxy groups -OCH3 is 1. The summed E-state index contributed by atoms with van der Waals surface area (Å²) in [5, 5.41) is 18.9. The minimum atomic E-state index is -1.48. The summed E-state index contributed by atoms with van der Waals surface area (Å²) in [5.41, 5.74) is 1.27. The third-order valence-corrected chi connectivity index (χ3v) is 4.44. The van der Waals surface area contributed by atoms with Crippen LogP contribution in [0.2, 0.25) is 0 Å². The van der Waals surface area contributed by atoms with Crippen molar-refractivity contribution in [1.82, 2.24) is 0 Å². The van der Waals surface area contributed by atoms with E-state index >= 15 is 0 Å². The highest BCUT2D eigenvalue weighted by molar-refractivity contribution is 6.59. The maximum Gasteiger partial charge on any atom is 0.488 e. The molecule has 5 heteroatoms. The lowest BCUT2D eigenvalue weighted by atomic mass is 9.77. The van der Waals surface area contributed by atoms with Crippen LogP contribution in [0, 0.1) is 5.92 Å². The summed E-state index contributed by atoms with van der Waals surface area (Å²) < 4.78 is 11.3.